The van der Waals surface area contributed by atoms with E-state index >= 15 is 0 Å². The molecule has 0 aliphatic heterocycles. The fourth-order valence-corrected chi connectivity index (χ4v) is 2.68. The topological polar surface area (TPSA) is 14.2 Å². The van der Waals surface area contributed by atoms with E-state index in [9.17, 15) is 13.2 Å². The number of halogens is 3. The molecule has 2 aromatic carbocycles. The highest BCUT2D eigenvalue weighted by Gasteiger charge is 2.34. The number of para-hydroxylation sites is 1. The Balaban J connectivity index is 1.91. The molecule has 0 aliphatic rings. The average molecular weight is 319 g/mol. The zero-order valence-corrected chi connectivity index (χ0v) is 12.8. The Morgan fingerprint density at radius 2 is 1.83 bits per heavy atom. The highest BCUT2D eigenvalue weighted by atomic mass is 19.4. The van der Waals surface area contributed by atoms with Crippen LogP contribution in [0.25, 0.3) is 10.9 Å². The summed E-state index contributed by atoms with van der Waals surface area (Å²) in [6.07, 6.45) is -2.53. The van der Waals surface area contributed by atoms with Gasteiger partial charge in [-0.25, -0.2) is 0 Å². The summed E-state index contributed by atoms with van der Waals surface area (Å²) < 4.78 is 46.4. The zero-order valence-electron chi connectivity index (χ0n) is 12.8. The van der Waals surface area contributed by atoms with E-state index in [0.29, 0.717) is 0 Å². The molecule has 0 fully saturated rings. The van der Waals surface area contributed by atoms with Crippen molar-refractivity contribution in [1.29, 1.82) is 0 Å². The van der Waals surface area contributed by atoms with Crippen LogP contribution in [-0.4, -0.2) is 4.57 Å². The largest absolute Gasteiger partial charge is 0.488 e. The number of hydrogen-bond acceptors (Lipinski definition) is 1. The molecular formula is C18H16F3NO. The lowest BCUT2D eigenvalue weighted by molar-refractivity contribution is -0.139. The Bertz CT molecular complexity index is 849. The van der Waals surface area contributed by atoms with E-state index in [0.717, 1.165) is 28.1 Å². The van der Waals surface area contributed by atoms with Crippen LogP contribution < -0.4 is 4.74 Å². The van der Waals surface area contributed by atoms with Gasteiger partial charge in [-0.3, -0.25) is 0 Å². The molecule has 0 unspecified atom stereocenters. The lowest BCUT2D eigenvalue weighted by Crippen LogP contribution is -2.08. The fourth-order valence-electron chi connectivity index (χ4n) is 2.68. The van der Waals surface area contributed by atoms with Crippen LogP contribution in [0.3, 0.4) is 0 Å². The summed E-state index contributed by atoms with van der Waals surface area (Å²) in [4.78, 5) is 0. The number of nitrogens with zero attached hydrogens (tertiary/aromatic N) is 1. The molecule has 0 radical (unpaired) electrons. The SMILES string of the molecule is Cc1ccc2c(COc3ccccc3C(F)(F)F)cn(C)c2c1. The van der Waals surface area contributed by atoms with Crippen molar-refractivity contribution in [3.63, 3.8) is 0 Å². The van der Waals surface area contributed by atoms with Gasteiger partial charge in [-0.1, -0.05) is 24.3 Å². The van der Waals surface area contributed by atoms with Crippen LogP contribution in [0.2, 0.25) is 0 Å². The molecule has 1 aromatic heterocycles. The van der Waals surface area contributed by atoms with Crippen LogP contribution in [-0.2, 0) is 19.8 Å². The van der Waals surface area contributed by atoms with Crippen molar-refractivity contribution < 1.29 is 17.9 Å². The minimum absolute atomic E-state index is 0.0908. The Morgan fingerprint density at radius 3 is 2.57 bits per heavy atom. The molecule has 3 rings (SSSR count). The number of rotatable bonds is 3. The van der Waals surface area contributed by atoms with Crippen molar-refractivity contribution in [1.82, 2.24) is 4.57 Å². The van der Waals surface area contributed by atoms with Gasteiger partial charge in [0, 0.05) is 29.7 Å². The second-order valence-electron chi connectivity index (χ2n) is 5.57. The molecule has 0 atom stereocenters. The number of benzene rings is 2. The van der Waals surface area contributed by atoms with Crippen molar-refractivity contribution in [2.75, 3.05) is 0 Å². The summed E-state index contributed by atoms with van der Waals surface area (Å²) in [5, 5.41) is 0.989. The Kier molecular flexibility index (Phi) is 3.80. The molecule has 120 valence electrons. The van der Waals surface area contributed by atoms with Gasteiger partial charge in [-0.2, -0.15) is 13.2 Å². The van der Waals surface area contributed by atoms with Gasteiger partial charge in [0.2, 0.25) is 0 Å². The predicted molar refractivity (Wildman–Crippen MR) is 83.4 cm³/mol. The molecule has 0 N–H and O–H groups in total. The standard InChI is InChI=1S/C18H16F3NO/c1-12-7-8-14-13(10-22(2)16(14)9-12)11-23-17-6-4-3-5-15(17)18(19,20)21/h3-10H,11H2,1-2H3. The van der Waals surface area contributed by atoms with Gasteiger partial charge in [0.1, 0.15) is 12.4 Å². The first-order valence-corrected chi connectivity index (χ1v) is 7.20. The minimum atomic E-state index is -4.42. The van der Waals surface area contributed by atoms with Crippen molar-refractivity contribution in [2.24, 2.45) is 7.05 Å². The molecule has 0 spiro atoms. The van der Waals surface area contributed by atoms with E-state index in [2.05, 4.69) is 0 Å². The van der Waals surface area contributed by atoms with E-state index in [4.69, 9.17) is 4.74 Å². The van der Waals surface area contributed by atoms with Gasteiger partial charge in [-0.05, 0) is 30.7 Å². The Labute approximate surface area is 132 Å². The lowest BCUT2D eigenvalue weighted by atomic mass is 10.1. The summed E-state index contributed by atoms with van der Waals surface area (Å²) in [6, 6.07) is 11.3. The van der Waals surface area contributed by atoms with E-state index in [-0.39, 0.29) is 12.4 Å². The minimum Gasteiger partial charge on any atom is -0.488 e. The van der Waals surface area contributed by atoms with Crippen molar-refractivity contribution >= 4 is 10.9 Å². The summed E-state index contributed by atoms with van der Waals surface area (Å²) in [7, 11) is 1.91. The quantitative estimate of drug-likeness (QED) is 0.656. The average Bonchev–Trinajstić information content (AvgIpc) is 2.80. The van der Waals surface area contributed by atoms with Crippen LogP contribution in [0.5, 0.6) is 5.75 Å². The second kappa shape index (κ2) is 5.65. The summed E-state index contributed by atoms with van der Waals surface area (Å²) in [6.45, 7) is 2.09. The second-order valence-corrected chi connectivity index (χ2v) is 5.57. The van der Waals surface area contributed by atoms with Gasteiger partial charge in [0.05, 0.1) is 5.56 Å². The molecule has 2 nitrogen and oxygen atoms in total. The maximum atomic E-state index is 13.0. The molecule has 1 heterocycles. The first kappa shape index (κ1) is 15.5. The highest BCUT2D eigenvalue weighted by molar-refractivity contribution is 5.84. The maximum absolute atomic E-state index is 13.0. The van der Waals surface area contributed by atoms with Gasteiger partial charge < -0.3 is 9.30 Å². The Hall–Kier alpha value is -2.43. The third-order valence-corrected chi connectivity index (χ3v) is 3.80. The molecule has 0 saturated heterocycles. The molecule has 0 bridgehead atoms. The normalized spacial score (nSPS) is 11.9. The summed E-state index contributed by atoms with van der Waals surface area (Å²) in [5.41, 5.74) is 2.27. The zero-order chi connectivity index (χ0) is 16.6. The van der Waals surface area contributed by atoms with Gasteiger partial charge in [0.15, 0.2) is 0 Å². The lowest BCUT2D eigenvalue weighted by Gasteiger charge is -2.13. The van der Waals surface area contributed by atoms with E-state index in [1.807, 2.05) is 42.9 Å². The summed E-state index contributed by atoms with van der Waals surface area (Å²) in [5.74, 6) is -0.149. The molecule has 0 amide bonds. The van der Waals surface area contributed by atoms with Crippen LogP contribution in [0.4, 0.5) is 13.2 Å². The van der Waals surface area contributed by atoms with Crippen LogP contribution in [0.15, 0.2) is 48.7 Å². The van der Waals surface area contributed by atoms with Crippen LogP contribution in [0.1, 0.15) is 16.7 Å². The van der Waals surface area contributed by atoms with Gasteiger partial charge >= 0.3 is 6.18 Å². The molecular weight excluding hydrogens is 303 g/mol. The van der Waals surface area contributed by atoms with Gasteiger partial charge in [0.25, 0.3) is 0 Å². The first-order valence-electron chi connectivity index (χ1n) is 7.20. The maximum Gasteiger partial charge on any atom is 0.419 e. The van der Waals surface area contributed by atoms with Crippen molar-refractivity contribution in [2.45, 2.75) is 19.7 Å². The number of aromatic nitrogens is 1. The van der Waals surface area contributed by atoms with E-state index in [1.54, 1.807) is 0 Å². The van der Waals surface area contributed by atoms with Crippen LogP contribution in [0, 0.1) is 6.92 Å². The van der Waals surface area contributed by atoms with E-state index in [1.165, 1.54) is 18.2 Å². The highest BCUT2D eigenvalue weighted by Crippen LogP contribution is 2.36. The molecule has 5 heteroatoms. The fraction of sp³-hybridized carbons (Fsp3) is 0.222. The number of ether oxygens (including phenoxy) is 1. The number of hydrogen-bond donors (Lipinski definition) is 0. The summed E-state index contributed by atoms with van der Waals surface area (Å²) >= 11 is 0. The smallest absolute Gasteiger partial charge is 0.419 e. The van der Waals surface area contributed by atoms with Crippen molar-refractivity contribution in [3.05, 3.63) is 65.4 Å². The van der Waals surface area contributed by atoms with Crippen molar-refractivity contribution in [3.8, 4) is 5.75 Å². The number of fused-ring (bicyclic) bond motifs is 1. The number of alkyl halides is 3. The number of aryl methyl sites for hydroxylation is 2. The van der Waals surface area contributed by atoms with E-state index < -0.39 is 11.7 Å². The van der Waals surface area contributed by atoms with Crippen LogP contribution >= 0.6 is 0 Å². The molecule has 3 aromatic rings. The van der Waals surface area contributed by atoms with Gasteiger partial charge in [-0.15, -0.1) is 0 Å². The first-order chi connectivity index (χ1) is 10.9. The molecule has 23 heavy (non-hydrogen) atoms. The third-order valence-electron chi connectivity index (χ3n) is 3.80. The molecule has 0 aliphatic carbocycles. The Morgan fingerprint density at radius 1 is 1.09 bits per heavy atom. The molecule has 0 saturated carbocycles. The predicted octanol–water partition coefficient (Wildman–Crippen LogP) is 5.08. The monoisotopic (exact) mass is 319 g/mol. The third kappa shape index (κ3) is 3.04.